The number of halogens is 2. The molecule has 2 aliphatic rings. The Hall–Kier alpha value is -1.69. The molecule has 102 valence electrons. The Labute approximate surface area is 108 Å². The molecule has 3 rings (SSSR count). The molecule has 1 aliphatic carbocycles. The third-order valence-electron chi connectivity index (χ3n) is 3.85. The first-order valence-corrected chi connectivity index (χ1v) is 6.17. The van der Waals surface area contributed by atoms with E-state index in [1.165, 1.54) is 4.90 Å². The molecular weight excluding hydrogens is 254 g/mol. The average molecular weight is 268 g/mol. The summed E-state index contributed by atoms with van der Waals surface area (Å²) in [6, 6.07) is 1.67. The van der Waals surface area contributed by atoms with E-state index in [0.717, 1.165) is 25.0 Å². The standard InChI is InChI=1S/C13H14F2N2O2/c14-8-3-9(11(15)10(16)4-8)12(18)17-5-13(19,6-17)7-1-2-7/h3-4,7,19H,1-2,5-6,16H2. The van der Waals surface area contributed by atoms with E-state index in [2.05, 4.69) is 0 Å². The summed E-state index contributed by atoms with van der Waals surface area (Å²) in [5, 5.41) is 10.1. The Morgan fingerprint density at radius 3 is 2.58 bits per heavy atom. The molecule has 2 fully saturated rings. The van der Waals surface area contributed by atoms with Gasteiger partial charge in [0.1, 0.15) is 11.4 Å². The van der Waals surface area contributed by atoms with Crippen LogP contribution in [0.5, 0.6) is 0 Å². The Morgan fingerprint density at radius 1 is 1.37 bits per heavy atom. The van der Waals surface area contributed by atoms with Crippen molar-refractivity contribution < 1.29 is 18.7 Å². The van der Waals surface area contributed by atoms with Gasteiger partial charge in [0, 0.05) is 0 Å². The first-order chi connectivity index (χ1) is 8.90. The lowest BCUT2D eigenvalue weighted by Gasteiger charge is -2.47. The second kappa shape index (κ2) is 3.90. The first-order valence-electron chi connectivity index (χ1n) is 6.17. The minimum atomic E-state index is -0.909. The smallest absolute Gasteiger partial charge is 0.257 e. The quantitative estimate of drug-likeness (QED) is 0.791. The minimum absolute atomic E-state index is 0.173. The van der Waals surface area contributed by atoms with Crippen molar-refractivity contribution in [1.29, 1.82) is 0 Å². The Kier molecular flexibility index (Phi) is 2.53. The van der Waals surface area contributed by atoms with Crippen molar-refractivity contribution in [1.82, 2.24) is 4.90 Å². The molecule has 6 heteroatoms. The number of benzene rings is 1. The number of hydrogen-bond donors (Lipinski definition) is 2. The van der Waals surface area contributed by atoms with Crippen molar-refractivity contribution in [3.05, 3.63) is 29.3 Å². The number of rotatable bonds is 2. The van der Waals surface area contributed by atoms with E-state index < -0.39 is 23.1 Å². The van der Waals surface area contributed by atoms with Crippen LogP contribution in [-0.4, -0.2) is 34.6 Å². The molecule has 0 spiro atoms. The van der Waals surface area contributed by atoms with E-state index in [-0.39, 0.29) is 30.3 Å². The number of amides is 1. The lowest BCUT2D eigenvalue weighted by atomic mass is 9.88. The molecule has 0 bridgehead atoms. The van der Waals surface area contributed by atoms with Gasteiger partial charge in [-0.05, 0) is 30.9 Å². The molecular formula is C13H14F2N2O2. The zero-order chi connectivity index (χ0) is 13.8. The van der Waals surface area contributed by atoms with Crippen molar-refractivity contribution in [3.8, 4) is 0 Å². The van der Waals surface area contributed by atoms with Crippen molar-refractivity contribution in [2.24, 2.45) is 5.92 Å². The number of nitrogens with two attached hydrogens (primary N) is 1. The SMILES string of the molecule is Nc1cc(F)cc(C(=O)N2CC(O)(C3CC3)C2)c1F. The highest BCUT2D eigenvalue weighted by Crippen LogP contribution is 2.44. The topological polar surface area (TPSA) is 66.6 Å². The monoisotopic (exact) mass is 268 g/mol. The zero-order valence-corrected chi connectivity index (χ0v) is 10.2. The van der Waals surface area contributed by atoms with Crippen molar-refractivity contribution in [2.45, 2.75) is 18.4 Å². The lowest BCUT2D eigenvalue weighted by molar-refractivity contribution is -0.0959. The molecule has 1 aromatic carbocycles. The molecule has 0 radical (unpaired) electrons. The fourth-order valence-electron chi connectivity index (χ4n) is 2.57. The van der Waals surface area contributed by atoms with Crippen LogP contribution < -0.4 is 5.73 Å². The van der Waals surface area contributed by atoms with Crippen LogP contribution in [0.3, 0.4) is 0 Å². The predicted molar refractivity (Wildman–Crippen MR) is 64.3 cm³/mol. The van der Waals surface area contributed by atoms with Crippen molar-refractivity contribution >= 4 is 11.6 Å². The van der Waals surface area contributed by atoms with Gasteiger partial charge in [0.15, 0.2) is 5.82 Å². The number of carbonyl (C=O) groups is 1. The van der Waals surface area contributed by atoms with Gasteiger partial charge in [-0.15, -0.1) is 0 Å². The predicted octanol–water partition coefficient (Wildman–Crippen LogP) is 1.14. The number of hydrogen-bond acceptors (Lipinski definition) is 3. The number of aliphatic hydroxyl groups is 1. The van der Waals surface area contributed by atoms with Crippen LogP contribution in [0.15, 0.2) is 12.1 Å². The fourth-order valence-corrected chi connectivity index (χ4v) is 2.57. The van der Waals surface area contributed by atoms with E-state index >= 15 is 0 Å². The Balaban J connectivity index is 1.78. The van der Waals surface area contributed by atoms with Gasteiger partial charge in [0.05, 0.1) is 24.3 Å². The van der Waals surface area contributed by atoms with Gasteiger partial charge in [-0.2, -0.15) is 0 Å². The molecule has 1 amide bonds. The Morgan fingerprint density at radius 2 is 2.00 bits per heavy atom. The van der Waals surface area contributed by atoms with Gasteiger partial charge in [0.2, 0.25) is 0 Å². The largest absolute Gasteiger partial charge is 0.396 e. The fraction of sp³-hybridized carbons (Fsp3) is 0.462. The lowest BCUT2D eigenvalue weighted by Crippen LogP contribution is -2.64. The third-order valence-corrected chi connectivity index (χ3v) is 3.85. The number of anilines is 1. The minimum Gasteiger partial charge on any atom is -0.396 e. The van der Waals surface area contributed by atoms with Crippen molar-refractivity contribution in [2.75, 3.05) is 18.8 Å². The number of nitrogens with zero attached hydrogens (tertiary/aromatic N) is 1. The van der Waals surface area contributed by atoms with Gasteiger partial charge in [-0.1, -0.05) is 0 Å². The normalized spacial score (nSPS) is 21.1. The second-order valence-corrected chi connectivity index (χ2v) is 5.40. The average Bonchev–Trinajstić information content (AvgIpc) is 3.13. The van der Waals surface area contributed by atoms with E-state index in [4.69, 9.17) is 5.73 Å². The van der Waals surface area contributed by atoms with Crippen LogP contribution in [0.4, 0.5) is 14.5 Å². The summed E-state index contributed by atoms with van der Waals surface area (Å²) in [5.41, 5.74) is 3.69. The molecule has 1 heterocycles. The van der Waals surface area contributed by atoms with Gasteiger partial charge in [0.25, 0.3) is 5.91 Å². The number of β-amino-alcohol motifs (C(OH)–C–C–N with tert-alkyl or cyclic N) is 1. The van der Waals surface area contributed by atoms with Crippen LogP contribution in [0.25, 0.3) is 0 Å². The van der Waals surface area contributed by atoms with Gasteiger partial charge < -0.3 is 15.7 Å². The highest BCUT2D eigenvalue weighted by molar-refractivity contribution is 5.96. The Bertz CT molecular complexity index is 552. The summed E-state index contributed by atoms with van der Waals surface area (Å²) in [5.74, 6) is -2.05. The number of carbonyl (C=O) groups excluding carboxylic acids is 1. The van der Waals surface area contributed by atoms with Crippen LogP contribution in [-0.2, 0) is 0 Å². The highest BCUT2D eigenvalue weighted by Gasteiger charge is 2.53. The first kappa shape index (κ1) is 12.3. The van der Waals surface area contributed by atoms with E-state index in [1.54, 1.807) is 0 Å². The number of likely N-dealkylation sites (tertiary alicyclic amines) is 1. The molecule has 0 unspecified atom stereocenters. The molecule has 19 heavy (non-hydrogen) atoms. The molecule has 1 saturated carbocycles. The van der Waals surface area contributed by atoms with Gasteiger partial charge in [-0.25, -0.2) is 8.78 Å². The summed E-state index contributed by atoms with van der Waals surface area (Å²) in [6.07, 6.45) is 1.92. The molecule has 1 aliphatic heterocycles. The van der Waals surface area contributed by atoms with Gasteiger partial charge >= 0.3 is 0 Å². The van der Waals surface area contributed by atoms with Crippen LogP contribution in [0.2, 0.25) is 0 Å². The van der Waals surface area contributed by atoms with E-state index in [1.807, 2.05) is 0 Å². The maximum Gasteiger partial charge on any atom is 0.257 e. The highest BCUT2D eigenvalue weighted by atomic mass is 19.1. The van der Waals surface area contributed by atoms with E-state index in [9.17, 15) is 18.7 Å². The maximum atomic E-state index is 13.7. The van der Waals surface area contributed by atoms with Crippen molar-refractivity contribution in [3.63, 3.8) is 0 Å². The second-order valence-electron chi connectivity index (χ2n) is 5.40. The van der Waals surface area contributed by atoms with E-state index in [0.29, 0.717) is 0 Å². The summed E-state index contributed by atoms with van der Waals surface area (Å²) >= 11 is 0. The summed E-state index contributed by atoms with van der Waals surface area (Å²) < 4.78 is 26.9. The molecule has 0 atom stereocenters. The molecule has 1 saturated heterocycles. The van der Waals surface area contributed by atoms with Crippen LogP contribution in [0, 0.1) is 17.6 Å². The van der Waals surface area contributed by atoms with Gasteiger partial charge in [-0.3, -0.25) is 4.79 Å². The summed E-state index contributed by atoms with van der Waals surface area (Å²) in [4.78, 5) is 13.4. The summed E-state index contributed by atoms with van der Waals surface area (Å²) in [7, 11) is 0. The number of nitrogen functional groups attached to an aromatic ring is 1. The van der Waals surface area contributed by atoms with Crippen LogP contribution in [0.1, 0.15) is 23.2 Å². The molecule has 0 aromatic heterocycles. The molecule has 1 aromatic rings. The maximum absolute atomic E-state index is 13.7. The summed E-state index contributed by atoms with van der Waals surface area (Å²) in [6.45, 7) is 0.346. The van der Waals surface area contributed by atoms with Crippen LogP contribution >= 0.6 is 0 Å². The zero-order valence-electron chi connectivity index (χ0n) is 10.2. The molecule has 3 N–H and O–H groups in total. The molecule has 4 nitrogen and oxygen atoms in total. The third kappa shape index (κ3) is 1.96.